The van der Waals surface area contributed by atoms with Crippen LogP contribution in [0.1, 0.15) is 10.4 Å². The Labute approximate surface area is 164 Å². The topological polar surface area (TPSA) is 101 Å². The summed E-state index contributed by atoms with van der Waals surface area (Å²) in [6.07, 6.45) is 0. The van der Waals surface area contributed by atoms with E-state index in [4.69, 9.17) is 0 Å². The van der Waals surface area contributed by atoms with Crippen molar-refractivity contribution in [3.8, 4) is 0 Å². The quantitative estimate of drug-likeness (QED) is 0.522. The monoisotopic (exact) mass is 453 g/mol. The minimum Gasteiger partial charge on any atom is -0.336 e. The molecule has 8 nitrogen and oxygen atoms in total. The van der Waals surface area contributed by atoms with E-state index in [1.165, 1.54) is 22.5 Å². The molecule has 0 unspecified atom stereocenters. The van der Waals surface area contributed by atoms with Crippen molar-refractivity contribution < 1.29 is 18.1 Å². The van der Waals surface area contributed by atoms with Crippen molar-refractivity contribution >= 4 is 37.5 Å². The fraction of sp³-hybridized carbons (Fsp3) is 0.235. The molecule has 2 aromatic rings. The maximum absolute atomic E-state index is 12.7. The van der Waals surface area contributed by atoms with E-state index in [1.807, 2.05) is 0 Å². The van der Waals surface area contributed by atoms with Crippen molar-refractivity contribution in [2.75, 3.05) is 26.2 Å². The van der Waals surface area contributed by atoms with Gasteiger partial charge in [0.1, 0.15) is 0 Å². The van der Waals surface area contributed by atoms with Crippen LogP contribution in [-0.4, -0.2) is 54.6 Å². The van der Waals surface area contributed by atoms with Crippen LogP contribution in [0, 0.1) is 10.1 Å². The van der Waals surface area contributed by atoms with Gasteiger partial charge in [0.05, 0.1) is 9.82 Å². The fourth-order valence-electron chi connectivity index (χ4n) is 2.81. The molecule has 142 valence electrons. The highest BCUT2D eigenvalue weighted by molar-refractivity contribution is 9.10. The van der Waals surface area contributed by atoms with Crippen LogP contribution in [0.25, 0.3) is 0 Å². The molecule has 0 aliphatic carbocycles. The van der Waals surface area contributed by atoms with Gasteiger partial charge in [-0.1, -0.05) is 22.0 Å². The zero-order valence-electron chi connectivity index (χ0n) is 14.1. The molecule has 0 aromatic heterocycles. The second-order valence-electron chi connectivity index (χ2n) is 5.96. The first kappa shape index (κ1) is 19.5. The summed E-state index contributed by atoms with van der Waals surface area (Å²) in [5.41, 5.74) is 0.258. The molecule has 10 heteroatoms. The number of nitro benzene ring substituents is 1. The zero-order chi connectivity index (χ0) is 19.6. The number of carbonyl (C=O) groups is 1. The number of sulfonamides is 1. The molecule has 1 heterocycles. The van der Waals surface area contributed by atoms with E-state index < -0.39 is 14.9 Å². The van der Waals surface area contributed by atoms with Gasteiger partial charge in [0.2, 0.25) is 10.0 Å². The number of benzene rings is 2. The van der Waals surface area contributed by atoms with Crippen LogP contribution < -0.4 is 0 Å². The van der Waals surface area contributed by atoms with Crippen LogP contribution in [0.15, 0.2) is 57.9 Å². The molecule has 3 rings (SSSR count). The standard InChI is InChI=1S/C17H16BrN3O5S/c18-14-6-4-13(5-7-14)17(22)19-8-10-20(11-9-19)27(25,26)16-3-1-2-15(12-16)21(23)24/h1-7,12H,8-11H2. The number of halogens is 1. The van der Waals surface area contributed by atoms with Gasteiger partial charge in [0.15, 0.2) is 0 Å². The van der Waals surface area contributed by atoms with Crippen molar-refractivity contribution in [1.29, 1.82) is 0 Å². The van der Waals surface area contributed by atoms with E-state index in [9.17, 15) is 23.3 Å². The number of piperazine rings is 1. The van der Waals surface area contributed by atoms with Crippen LogP contribution in [0.3, 0.4) is 0 Å². The lowest BCUT2D eigenvalue weighted by atomic mass is 10.2. The molecule has 0 radical (unpaired) electrons. The summed E-state index contributed by atoms with van der Waals surface area (Å²) < 4.78 is 27.6. The Balaban J connectivity index is 1.71. The van der Waals surface area contributed by atoms with Crippen LogP contribution >= 0.6 is 15.9 Å². The SMILES string of the molecule is O=C(c1ccc(Br)cc1)N1CCN(S(=O)(=O)c2cccc([N+](=O)[O-])c2)CC1. The van der Waals surface area contributed by atoms with Gasteiger partial charge in [0.25, 0.3) is 11.6 Å². The molecular formula is C17H16BrN3O5S. The summed E-state index contributed by atoms with van der Waals surface area (Å²) in [7, 11) is -3.85. The molecular weight excluding hydrogens is 438 g/mol. The number of hydrogen-bond donors (Lipinski definition) is 0. The fourth-order valence-corrected chi connectivity index (χ4v) is 4.54. The Hall–Kier alpha value is -2.30. The number of nitro groups is 1. The predicted octanol–water partition coefficient (Wildman–Crippen LogP) is 2.50. The van der Waals surface area contributed by atoms with Crippen molar-refractivity contribution in [1.82, 2.24) is 9.21 Å². The molecule has 0 bridgehead atoms. The number of rotatable bonds is 4. The molecule has 2 aromatic carbocycles. The number of nitrogens with zero attached hydrogens (tertiary/aromatic N) is 3. The third kappa shape index (κ3) is 4.18. The predicted molar refractivity (Wildman–Crippen MR) is 102 cm³/mol. The summed E-state index contributed by atoms with van der Waals surface area (Å²) in [6, 6.07) is 11.9. The van der Waals surface area contributed by atoms with Crippen LogP contribution in [0.5, 0.6) is 0 Å². The highest BCUT2D eigenvalue weighted by atomic mass is 79.9. The number of amides is 1. The lowest BCUT2D eigenvalue weighted by molar-refractivity contribution is -0.385. The molecule has 1 fully saturated rings. The Morgan fingerprint density at radius 3 is 2.26 bits per heavy atom. The largest absolute Gasteiger partial charge is 0.336 e. The van der Waals surface area contributed by atoms with Crippen molar-refractivity contribution in [2.24, 2.45) is 0 Å². The van der Waals surface area contributed by atoms with E-state index >= 15 is 0 Å². The average molecular weight is 454 g/mol. The van der Waals surface area contributed by atoms with Gasteiger partial charge in [0, 0.05) is 48.3 Å². The minimum absolute atomic E-state index is 0.121. The Morgan fingerprint density at radius 2 is 1.67 bits per heavy atom. The number of carbonyl (C=O) groups excluding carboxylic acids is 1. The number of non-ortho nitro benzene ring substituents is 1. The second kappa shape index (κ2) is 7.75. The third-order valence-electron chi connectivity index (χ3n) is 4.28. The van der Waals surface area contributed by atoms with Crippen molar-refractivity contribution in [3.05, 3.63) is 68.7 Å². The first-order valence-electron chi connectivity index (χ1n) is 8.08. The van der Waals surface area contributed by atoms with Gasteiger partial charge in [-0.05, 0) is 30.3 Å². The molecule has 1 saturated heterocycles. The van der Waals surface area contributed by atoms with Crippen LogP contribution in [0.2, 0.25) is 0 Å². The first-order chi connectivity index (χ1) is 12.8. The lowest BCUT2D eigenvalue weighted by Gasteiger charge is -2.34. The van der Waals surface area contributed by atoms with E-state index in [0.717, 1.165) is 10.5 Å². The molecule has 0 spiro atoms. The third-order valence-corrected chi connectivity index (χ3v) is 6.71. The van der Waals surface area contributed by atoms with Gasteiger partial charge in [-0.2, -0.15) is 4.31 Å². The zero-order valence-corrected chi connectivity index (χ0v) is 16.5. The molecule has 0 saturated carbocycles. The van der Waals surface area contributed by atoms with E-state index in [-0.39, 0.29) is 42.7 Å². The van der Waals surface area contributed by atoms with E-state index in [2.05, 4.69) is 15.9 Å². The van der Waals surface area contributed by atoms with Crippen molar-refractivity contribution in [3.63, 3.8) is 0 Å². The van der Waals surface area contributed by atoms with Gasteiger partial charge in [-0.15, -0.1) is 0 Å². The Kier molecular flexibility index (Phi) is 5.59. The second-order valence-corrected chi connectivity index (χ2v) is 8.81. The number of hydrogen-bond acceptors (Lipinski definition) is 5. The summed E-state index contributed by atoms with van der Waals surface area (Å²) in [6.45, 7) is 0.771. The van der Waals surface area contributed by atoms with E-state index in [0.29, 0.717) is 5.56 Å². The highest BCUT2D eigenvalue weighted by Crippen LogP contribution is 2.22. The van der Waals surface area contributed by atoms with Crippen LogP contribution in [-0.2, 0) is 10.0 Å². The minimum atomic E-state index is -3.85. The first-order valence-corrected chi connectivity index (χ1v) is 10.3. The Morgan fingerprint density at radius 1 is 1.04 bits per heavy atom. The van der Waals surface area contributed by atoms with Gasteiger partial charge in [-0.3, -0.25) is 14.9 Å². The molecule has 0 atom stereocenters. The van der Waals surface area contributed by atoms with Gasteiger partial charge in [-0.25, -0.2) is 8.42 Å². The summed E-state index contributed by atoms with van der Waals surface area (Å²) >= 11 is 3.32. The summed E-state index contributed by atoms with van der Waals surface area (Å²) in [5, 5.41) is 10.9. The van der Waals surface area contributed by atoms with Crippen LogP contribution in [0.4, 0.5) is 5.69 Å². The maximum Gasteiger partial charge on any atom is 0.270 e. The van der Waals surface area contributed by atoms with E-state index in [1.54, 1.807) is 29.2 Å². The maximum atomic E-state index is 12.7. The molecule has 1 aliphatic heterocycles. The average Bonchev–Trinajstić information content (AvgIpc) is 2.68. The Bertz CT molecular complexity index is 970. The molecule has 1 aliphatic rings. The van der Waals surface area contributed by atoms with Gasteiger partial charge < -0.3 is 4.90 Å². The normalized spacial score (nSPS) is 15.5. The highest BCUT2D eigenvalue weighted by Gasteiger charge is 2.31. The molecule has 1 amide bonds. The summed E-state index contributed by atoms with van der Waals surface area (Å²) in [4.78, 5) is 24.3. The smallest absolute Gasteiger partial charge is 0.270 e. The lowest BCUT2D eigenvalue weighted by Crippen LogP contribution is -2.50. The van der Waals surface area contributed by atoms with Crippen molar-refractivity contribution in [2.45, 2.75) is 4.90 Å². The summed E-state index contributed by atoms with van der Waals surface area (Å²) in [5.74, 6) is -0.158. The van der Waals surface area contributed by atoms with Gasteiger partial charge >= 0.3 is 0 Å². The molecule has 0 N–H and O–H groups in total. The molecule has 27 heavy (non-hydrogen) atoms.